The average molecular weight is 370 g/mol. The number of non-ortho nitro benzene ring substituents is 1. The number of benzene rings is 1. The van der Waals surface area contributed by atoms with Crippen LogP contribution in [0.2, 0.25) is 0 Å². The lowest BCUT2D eigenvalue weighted by Crippen LogP contribution is -1.99. The van der Waals surface area contributed by atoms with Crippen molar-refractivity contribution in [1.29, 1.82) is 0 Å². The van der Waals surface area contributed by atoms with Gasteiger partial charge in [0.05, 0.1) is 4.92 Å². The SMILES string of the molecule is CC(Br)Cc1ccc([N+](=O)[O-])cc1I. The van der Waals surface area contributed by atoms with Crippen molar-refractivity contribution in [2.24, 2.45) is 0 Å². The molecule has 0 N–H and O–H groups in total. The van der Waals surface area contributed by atoms with Crippen LogP contribution in [0, 0.1) is 13.7 Å². The minimum atomic E-state index is -0.372. The molecule has 0 radical (unpaired) electrons. The lowest BCUT2D eigenvalue weighted by Gasteiger charge is -2.05. The lowest BCUT2D eigenvalue weighted by molar-refractivity contribution is -0.385. The molecular formula is C9H9BrINO2. The highest BCUT2D eigenvalue weighted by Gasteiger charge is 2.09. The first kappa shape index (κ1) is 11.9. The summed E-state index contributed by atoms with van der Waals surface area (Å²) >= 11 is 5.58. The first-order chi connectivity index (χ1) is 6.50. The smallest absolute Gasteiger partial charge is 0.258 e. The van der Waals surface area contributed by atoms with Gasteiger partial charge in [0.15, 0.2) is 0 Å². The second kappa shape index (κ2) is 5.06. The molecule has 0 saturated heterocycles. The molecule has 1 unspecified atom stereocenters. The Kier molecular flexibility index (Phi) is 4.31. The third-order valence-electron chi connectivity index (χ3n) is 1.75. The van der Waals surface area contributed by atoms with Crippen LogP contribution < -0.4 is 0 Å². The fraction of sp³-hybridized carbons (Fsp3) is 0.333. The summed E-state index contributed by atoms with van der Waals surface area (Å²) in [5, 5.41) is 10.5. The topological polar surface area (TPSA) is 43.1 Å². The zero-order chi connectivity index (χ0) is 10.7. The van der Waals surface area contributed by atoms with Gasteiger partial charge in [-0.1, -0.05) is 28.9 Å². The van der Waals surface area contributed by atoms with Crippen molar-refractivity contribution in [2.45, 2.75) is 18.2 Å². The fourth-order valence-electron chi connectivity index (χ4n) is 1.12. The number of hydrogen-bond acceptors (Lipinski definition) is 2. The Bertz CT molecular complexity index is 355. The maximum Gasteiger partial charge on any atom is 0.270 e. The van der Waals surface area contributed by atoms with E-state index >= 15 is 0 Å². The molecule has 0 aliphatic rings. The normalized spacial score (nSPS) is 12.5. The Hall–Kier alpha value is -0.170. The molecule has 0 fully saturated rings. The molecule has 0 aromatic heterocycles. The monoisotopic (exact) mass is 369 g/mol. The molecule has 0 aliphatic carbocycles. The molecule has 0 spiro atoms. The minimum Gasteiger partial charge on any atom is -0.258 e. The number of alkyl halides is 1. The molecule has 0 aliphatic heterocycles. The zero-order valence-electron chi connectivity index (χ0n) is 7.54. The second-order valence-electron chi connectivity index (χ2n) is 3.02. The van der Waals surface area contributed by atoms with Gasteiger partial charge in [-0.2, -0.15) is 0 Å². The summed E-state index contributed by atoms with van der Waals surface area (Å²) in [5.74, 6) is 0. The molecule has 0 bridgehead atoms. The molecule has 0 saturated carbocycles. The van der Waals surface area contributed by atoms with Gasteiger partial charge in [-0.05, 0) is 34.6 Å². The summed E-state index contributed by atoms with van der Waals surface area (Å²) in [4.78, 5) is 10.5. The molecule has 1 aromatic carbocycles. The Morgan fingerprint density at radius 3 is 2.71 bits per heavy atom. The Labute approximate surface area is 104 Å². The van der Waals surface area contributed by atoms with Crippen molar-refractivity contribution in [1.82, 2.24) is 0 Å². The van der Waals surface area contributed by atoms with Crippen LogP contribution in [0.25, 0.3) is 0 Å². The van der Waals surface area contributed by atoms with E-state index in [4.69, 9.17) is 0 Å². The van der Waals surface area contributed by atoms with Crippen molar-refractivity contribution >= 4 is 44.2 Å². The number of hydrogen-bond donors (Lipinski definition) is 0. The van der Waals surface area contributed by atoms with Gasteiger partial charge in [-0.3, -0.25) is 10.1 Å². The quantitative estimate of drug-likeness (QED) is 0.354. The van der Waals surface area contributed by atoms with Gasteiger partial charge in [0.25, 0.3) is 5.69 Å². The van der Waals surface area contributed by atoms with Crippen LogP contribution in [0.4, 0.5) is 5.69 Å². The summed E-state index contributed by atoms with van der Waals surface area (Å²) in [7, 11) is 0. The summed E-state index contributed by atoms with van der Waals surface area (Å²) in [5.41, 5.74) is 1.29. The van der Waals surface area contributed by atoms with Gasteiger partial charge in [0.2, 0.25) is 0 Å². The molecule has 1 aromatic rings. The van der Waals surface area contributed by atoms with Crippen LogP contribution in [-0.4, -0.2) is 9.75 Å². The van der Waals surface area contributed by atoms with E-state index in [1.165, 1.54) is 0 Å². The highest BCUT2D eigenvalue weighted by molar-refractivity contribution is 14.1. The minimum absolute atomic E-state index is 0.153. The van der Waals surface area contributed by atoms with Crippen molar-refractivity contribution < 1.29 is 4.92 Å². The standard InChI is InChI=1S/C9H9BrINO2/c1-6(10)4-7-2-3-8(12(13)14)5-9(7)11/h2-3,5-6H,4H2,1H3. The highest BCUT2D eigenvalue weighted by atomic mass is 127. The van der Waals surface area contributed by atoms with Crippen LogP contribution in [0.15, 0.2) is 18.2 Å². The summed E-state index contributed by atoms with van der Waals surface area (Å²) < 4.78 is 0.947. The van der Waals surface area contributed by atoms with E-state index in [0.29, 0.717) is 4.83 Å². The number of nitro benzene ring substituents is 1. The first-order valence-electron chi connectivity index (χ1n) is 4.07. The molecule has 3 nitrogen and oxygen atoms in total. The van der Waals surface area contributed by atoms with Crippen molar-refractivity contribution in [3.63, 3.8) is 0 Å². The van der Waals surface area contributed by atoms with Crippen molar-refractivity contribution in [2.75, 3.05) is 0 Å². The summed E-state index contributed by atoms with van der Waals surface area (Å²) in [6.07, 6.45) is 0.885. The van der Waals surface area contributed by atoms with E-state index in [0.717, 1.165) is 15.6 Å². The largest absolute Gasteiger partial charge is 0.270 e. The van der Waals surface area contributed by atoms with E-state index in [2.05, 4.69) is 45.4 Å². The van der Waals surface area contributed by atoms with E-state index in [1.54, 1.807) is 12.1 Å². The molecule has 1 rings (SSSR count). The van der Waals surface area contributed by atoms with Crippen LogP contribution in [0.3, 0.4) is 0 Å². The van der Waals surface area contributed by atoms with Gasteiger partial charge in [-0.25, -0.2) is 0 Å². The van der Waals surface area contributed by atoms with E-state index < -0.39 is 0 Å². The summed E-state index contributed by atoms with van der Waals surface area (Å²) in [6.45, 7) is 2.05. The van der Waals surface area contributed by atoms with E-state index in [-0.39, 0.29) is 10.6 Å². The van der Waals surface area contributed by atoms with Crippen molar-refractivity contribution in [3.8, 4) is 0 Å². The third-order valence-corrected chi connectivity index (χ3v) is 3.08. The maximum absolute atomic E-state index is 10.5. The van der Waals surface area contributed by atoms with Crippen LogP contribution in [0.5, 0.6) is 0 Å². The van der Waals surface area contributed by atoms with Gasteiger partial charge < -0.3 is 0 Å². The predicted molar refractivity (Wildman–Crippen MR) is 67.9 cm³/mol. The van der Waals surface area contributed by atoms with Gasteiger partial charge >= 0.3 is 0 Å². The molecule has 0 heterocycles. The first-order valence-corrected chi connectivity index (χ1v) is 6.07. The number of nitro groups is 1. The number of nitrogens with zero attached hydrogens (tertiary/aromatic N) is 1. The van der Waals surface area contributed by atoms with Crippen molar-refractivity contribution in [3.05, 3.63) is 37.4 Å². The van der Waals surface area contributed by atoms with E-state index in [9.17, 15) is 10.1 Å². The summed E-state index contributed by atoms with van der Waals surface area (Å²) in [6, 6.07) is 4.97. The maximum atomic E-state index is 10.5. The second-order valence-corrected chi connectivity index (χ2v) is 5.74. The number of halogens is 2. The predicted octanol–water partition coefficient (Wildman–Crippen LogP) is 3.53. The van der Waals surface area contributed by atoms with Crippen LogP contribution in [0.1, 0.15) is 12.5 Å². The Morgan fingerprint density at radius 2 is 2.29 bits per heavy atom. The van der Waals surface area contributed by atoms with Gasteiger partial charge in [0, 0.05) is 20.5 Å². The van der Waals surface area contributed by atoms with E-state index in [1.807, 2.05) is 6.07 Å². The number of rotatable bonds is 3. The lowest BCUT2D eigenvalue weighted by atomic mass is 10.1. The molecule has 76 valence electrons. The molecule has 0 amide bonds. The zero-order valence-corrected chi connectivity index (χ0v) is 11.3. The molecule has 14 heavy (non-hydrogen) atoms. The van der Waals surface area contributed by atoms with Crippen LogP contribution in [-0.2, 0) is 6.42 Å². The Morgan fingerprint density at radius 1 is 1.64 bits per heavy atom. The van der Waals surface area contributed by atoms with Crippen LogP contribution >= 0.6 is 38.5 Å². The molecule has 1 atom stereocenters. The Balaban J connectivity index is 2.95. The van der Waals surface area contributed by atoms with Gasteiger partial charge in [0.1, 0.15) is 0 Å². The highest BCUT2D eigenvalue weighted by Crippen LogP contribution is 2.21. The fourth-order valence-corrected chi connectivity index (χ4v) is 2.19. The molecular weight excluding hydrogens is 361 g/mol. The third kappa shape index (κ3) is 3.20. The molecule has 5 heteroatoms. The van der Waals surface area contributed by atoms with Gasteiger partial charge in [-0.15, -0.1) is 0 Å². The average Bonchev–Trinajstić information content (AvgIpc) is 2.07.